The maximum absolute atomic E-state index is 13.7. The van der Waals surface area contributed by atoms with Crippen LogP contribution in [0.1, 0.15) is 10.4 Å². The quantitative estimate of drug-likeness (QED) is 0.609. The van der Waals surface area contributed by atoms with Gasteiger partial charge in [-0.2, -0.15) is 0 Å². The highest BCUT2D eigenvalue weighted by Crippen LogP contribution is 2.39. The molecule has 0 aromatic heterocycles. The first kappa shape index (κ1) is 17.2. The summed E-state index contributed by atoms with van der Waals surface area (Å²) >= 11 is 6.56. The predicted molar refractivity (Wildman–Crippen MR) is 86.6 cm³/mol. The lowest BCUT2D eigenvalue weighted by Gasteiger charge is -2.13. The maximum atomic E-state index is 13.7. The molecule has 120 valence electrons. The molecule has 2 aromatic rings. The molecule has 0 spiro atoms. The van der Waals surface area contributed by atoms with E-state index in [-0.39, 0.29) is 21.5 Å². The summed E-state index contributed by atoms with van der Waals surface area (Å²) in [4.78, 5) is 24.7. The Labute approximate surface area is 141 Å². The molecular weight excluding hydrogens is 342 g/mol. The van der Waals surface area contributed by atoms with Gasteiger partial charge < -0.3 is 4.90 Å². The van der Waals surface area contributed by atoms with Crippen LogP contribution in [-0.2, 0) is 0 Å². The fraction of sp³-hybridized carbons (Fsp3) is 0.133. The van der Waals surface area contributed by atoms with Crippen LogP contribution in [0.3, 0.4) is 0 Å². The average Bonchev–Trinajstić information content (AvgIpc) is 2.50. The topological polar surface area (TPSA) is 63.5 Å². The molecule has 0 aliphatic heterocycles. The predicted octanol–water partition coefficient (Wildman–Crippen LogP) is 4.24. The standard InChI is InChI=1S/C15H12ClFN2O3S/c1-18(2)15(20)9-5-3-4-6-13(9)23-14-8-11(17)10(16)7-12(14)19(21)22/h3-8H,1-2H3/i17-1. The summed E-state index contributed by atoms with van der Waals surface area (Å²) in [6.07, 6.45) is 0. The van der Waals surface area contributed by atoms with Crippen LogP contribution in [0, 0.1) is 15.9 Å². The zero-order chi connectivity index (χ0) is 17.1. The smallest absolute Gasteiger partial charge is 0.284 e. The molecule has 0 fully saturated rings. The first-order chi connectivity index (χ1) is 10.8. The van der Waals surface area contributed by atoms with Crippen LogP contribution in [-0.4, -0.2) is 29.8 Å². The van der Waals surface area contributed by atoms with Gasteiger partial charge in [0.25, 0.3) is 11.6 Å². The molecule has 5 nitrogen and oxygen atoms in total. The van der Waals surface area contributed by atoms with E-state index in [1.54, 1.807) is 38.4 Å². The van der Waals surface area contributed by atoms with Crippen LogP contribution in [0.25, 0.3) is 0 Å². The van der Waals surface area contributed by atoms with Gasteiger partial charge in [0.1, 0.15) is 5.82 Å². The molecule has 0 bridgehead atoms. The molecule has 1 amide bonds. The average molecular weight is 354 g/mol. The van der Waals surface area contributed by atoms with Gasteiger partial charge in [-0.15, -0.1) is 0 Å². The lowest BCUT2D eigenvalue weighted by Crippen LogP contribution is -2.22. The minimum absolute atomic E-state index is 0.0795. The van der Waals surface area contributed by atoms with Gasteiger partial charge in [-0.3, -0.25) is 14.9 Å². The molecule has 0 unspecified atom stereocenters. The maximum Gasteiger partial charge on any atom is 0.284 e. The van der Waals surface area contributed by atoms with Crippen LogP contribution in [0.5, 0.6) is 0 Å². The van der Waals surface area contributed by atoms with E-state index in [0.717, 1.165) is 23.9 Å². The Morgan fingerprint density at radius 1 is 1.26 bits per heavy atom. The molecule has 8 heteroatoms. The number of benzene rings is 2. The molecule has 0 saturated heterocycles. The number of hydrogen-bond acceptors (Lipinski definition) is 4. The Morgan fingerprint density at radius 3 is 2.52 bits per heavy atom. The van der Waals surface area contributed by atoms with E-state index in [1.807, 2.05) is 0 Å². The summed E-state index contributed by atoms with van der Waals surface area (Å²) in [5, 5.41) is 10.8. The largest absolute Gasteiger partial charge is 0.345 e. The Bertz CT molecular complexity index is 783. The van der Waals surface area contributed by atoms with Gasteiger partial charge >= 0.3 is 0 Å². The number of hydrogen-bond donors (Lipinski definition) is 0. The van der Waals surface area contributed by atoms with Crippen LogP contribution in [0.2, 0.25) is 5.02 Å². The second kappa shape index (κ2) is 6.97. The Kier molecular flexibility index (Phi) is 5.23. The molecule has 0 heterocycles. The number of nitro groups is 1. The third-order valence-corrected chi connectivity index (χ3v) is 4.35. The van der Waals surface area contributed by atoms with Gasteiger partial charge in [0.2, 0.25) is 0 Å². The highest BCUT2D eigenvalue weighted by atomic mass is 35.5. The van der Waals surface area contributed by atoms with Gasteiger partial charge in [0.05, 0.1) is 20.4 Å². The fourth-order valence-corrected chi connectivity index (χ4v) is 3.04. The van der Waals surface area contributed by atoms with Crippen LogP contribution in [0.15, 0.2) is 46.2 Å². The van der Waals surface area contributed by atoms with E-state index in [9.17, 15) is 19.3 Å². The molecule has 0 aliphatic rings. The number of carbonyl (C=O) groups is 1. The molecule has 2 aromatic carbocycles. The molecule has 2 rings (SSSR count). The molecule has 0 aliphatic carbocycles. The molecule has 23 heavy (non-hydrogen) atoms. The van der Waals surface area contributed by atoms with E-state index in [1.165, 1.54) is 4.90 Å². The third kappa shape index (κ3) is 3.80. The highest BCUT2D eigenvalue weighted by molar-refractivity contribution is 7.99. The van der Waals surface area contributed by atoms with Gasteiger partial charge in [-0.1, -0.05) is 35.5 Å². The van der Waals surface area contributed by atoms with E-state index >= 15 is 0 Å². The SMILES string of the molecule is CN(C)C(=O)c1ccccc1Sc1cc([18F])c(Cl)cc1[N+](=O)[O-]. The van der Waals surface area contributed by atoms with E-state index in [4.69, 9.17) is 11.6 Å². The Morgan fingerprint density at radius 2 is 1.91 bits per heavy atom. The van der Waals surface area contributed by atoms with Gasteiger partial charge in [0.15, 0.2) is 0 Å². The van der Waals surface area contributed by atoms with Crippen molar-refractivity contribution in [1.29, 1.82) is 0 Å². The second-order valence-electron chi connectivity index (χ2n) is 4.79. The van der Waals surface area contributed by atoms with Crippen molar-refractivity contribution in [2.75, 3.05) is 14.1 Å². The van der Waals surface area contributed by atoms with Crippen molar-refractivity contribution in [1.82, 2.24) is 4.90 Å². The summed E-state index contributed by atoms with van der Waals surface area (Å²) in [7, 11) is 3.21. The minimum Gasteiger partial charge on any atom is -0.345 e. The lowest BCUT2D eigenvalue weighted by atomic mass is 10.2. The second-order valence-corrected chi connectivity index (χ2v) is 6.28. The van der Waals surface area contributed by atoms with Gasteiger partial charge in [-0.25, -0.2) is 4.39 Å². The fourth-order valence-electron chi connectivity index (χ4n) is 1.83. The number of halogens is 2. The zero-order valence-electron chi connectivity index (χ0n) is 12.2. The summed E-state index contributed by atoms with van der Waals surface area (Å²) in [5.74, 6) is -0.999. The number of carbonyl (C=O) groups excluding carboxylic acids is 1. The van der Waals surface area contributed by atoms with Crippen LogP contribution < -0.4 is 0 Å². The summed E-state index contributed by atoms with van der Waals surface area (Å²) < 4.78 is 13.7. The molecule has 0 N–H and O–H groups in total. The number of amides is 1. The number of rotatable bonds is 4. The monoisotopic (exact) mass is 353 g/mol. The van der Waals surface area contributed by atoms with E-state index in [2.05, 4.69) is 0 Å². The van der Waals surface area contributed by atoms with Crippen molar-refractivity contribution >= 4 is 35.0 Å². The summed E-state index contributed by atoms with van der Waals surface area (Å²) in [5.41, 5.74) is 0.0701. The Balaban J connectivity index is 2.50. The van der Waals surface area contributed by atoms with Crippen molar-refractivity contribution in [3.63, 3.8) is 0 Å². The van der Waals surface area contributed by atoms with Gasteiger partial charge in [0, 0.05) is 25.1 Å². The van der Waals surface area contributed by atoms with Crippen LogP contribution >= 0.6 is 23.4 Å². The first-order valence-electron chi connectivity index (χ1n) is 6.43. The minimum atomic E-state index is -0.754. The number of nitrogens with zero attached hydrogens (tertiary/aromatic N) is 2. The third-order valence-electron chi connectivity index (χ3n) is 2.94. The van der Waals surface area contributed by atoms with Crippen LogP contribution in [0.4, 0.5) is 10.1 Å². The van der Waals surface area contributed by atoms with Crippen molar-refractivity contribution in [2.24, 2.45) is 0 Å². The van der Waals surface area contributed by atoms with E-state index in [0.29, 0.717) is 10.5 Å². The highest BCUT2D eigenvalue weighted by Gasteiger charge is 2.21. The normalized spacial score (nSPS) is 10.4. The molecular formula is C15H12ClFN2O3S. The molecule has 0 saturated carbocycles. The van der Waals surface area contributed by atoms with Crippen molar-refractivity contribution in [2.45, 2.75) is 9.79 Å². The van der Waals surface area contributed by atoms with Crippen molar-refractivity contribution in [3.8, 4) is 0 Å². The van der Waals surface area contributed by atoms with E-state index < -0.39 is 10.7 Å². The summed E-state index contributed by atoms with van der Waals surface area (Å²) in [6.45, 7) is 0. The molecule has 0 atom stereocenters. The van der Waals surface area contributed by atoms with Crippen molar-refractivity contribution < 1.29 is 14.1 Å². The van der Waals surface area contributed by atoms with Crippen molar-refractivity contribution in [3.05, 3.63) is 62.9 Å². The first-order valence-corrected chi connectivity index (χ1v) is 7.62. The zero-order valence-corrected chi connectivity index (χ0v) is 13.8. The molecule has 0 radical (unpaired) electrons. The van der Waals surface area contributed by atoms with Gasteiger partial charge in [-0.05, 0) is 18.2 Å². The Hall–Kier alpha value is -2.12. The number of nitro benzene ring substituents is 1. The summed E-state index contributed by atoms with van der Waals surface area (Å²) in [6, 6.07) is 8.63. The lowest BCUT2D eigenvalue weighted by molar-refractivity contribution is -0.387.